The van der Waals surface area contributed by atoms with Gasteiger partial charge in [0, 0.05) is 27.2 Å². The number of hydrogen-bond donors (Lipinski definition) is 1. The topological polar surface area (TPSA) is 42.8 Å². The maximum atomic E-state index is 5.04. The second-order valence-electron chi connectivity index (χ2n) is 3.28. The number of nitrogens with one attached hydrogen (secondary N) is 1. The molecule has 1 aromatic heterocycles. The molecule has 4 nitrogen and oxygen atoms in total. The van der Waals surface area contributed by atoms with Crippen molar-refractivity contribution in [2.45, 2.75) is 13.3 Å². The number of hydrogen-bond acceptors (Lipinski definition) is 3. The number of aromatic nitrogens is 3. The number of ether oxygens (including phenoxy) is 1. The van der Waals surface area contributed by atoms with Gasteiger partial charge in [-0.1, -0.05) is 6.92 Å². The predicted molar refractivity (Wildman–Crippen MR) is 53.1 cm³/mol. The molecule has 1 atom stereocenters. The molecule has 13 heavy (non-hydrogen) atoms. The fourth-order valence-corrected chi connectivity index (χ4v) is 1.38. The molecule has 0 bridgehead atoms. The van der Waals surface area contributed by atoms with E-state index in [1.54, 1.807) is 11.8 Å². The Morgan fingerprint density at radius 1 is 1.69 bits per heavy atom. The Morgan fingerprint density at radius 3 is 2.85 bits per heavy atom. The molecule has 0 fully saturated rings. The zero-order valence-electron chi connectivity index (χ0n) is 8.20. The third kappa shape index (κ3) is 2.93. The highest BCUT2D eigenvalue weighted by molar-refractivity contribution is 7.71. The molecular weight excluding hydrogens is 186 g/mol. The molecule has 0 aliphatic carbocycles. The van der Waals surface area contributed by atoms with E-state index in [-0.39, 0.29) is 0 Å². The Morgan fingerprint density at radius 2 is 2.38 bits per heavy atom. The van der Waals surface area contributed by atoms with Gasteiger partial charge >= 0.3 is 0 Å². The number of methoxy groups -OCH3 is 1. The summed E-state index contributed by atoms with van der Waals surface area (Å²) in [5.41, 5.74) is 0. The normalized spacial score (nSPS) is 13.2. The van der Waals surface area contributed by atoms with Crippen molar-refractivity contribution < 1.29 is 4.74 Å². The third-order valence-corrected chi connectivity index (χ3v) is 2.17. The summed E-state index contributed by atoms with van der Waals surface area (Å²) < 4.78 is 7.38. The molecule has 0 aliphatic heterocycles. The number of aromatic amines is 1. The summed E-state index contributed by atoms with van der Waals surface area (Å²) in [5, 5.41) is 3.08. The molecule has 1 aromatic rings. The number of nitrogens with zero attached hydrogens (tertiary/aromatic N) is 2. The van der Waals surface area contributed by atoms with Crippen molar-refractivity contribution in [1.82, 2.24) is 14.8 Å². The Kier molecular flexibility index (Phi) is 3.62. The molecular formula is C8H15N3OS. The second-order valence-corrected chi connectivity index (χ2v) is 3.64. The summed E-state index contributed by atoms with van der Waals surface area (Å²) in [6.07, 6.45) is 0.873. The molecule has 0 saturated carbocycles. The molecule has 0 aromatic carbocycles. The van der Waals surface area contributed by atoms with Crippen molar-refractivity contribution in [3.63, 3.8) is 0 Å². The average molecular weight is 201 g/mol. The van der Waals surface area contributed by atoms with Gasteiger partial charge in [0.2, 0.25) is 4.77 Å². The molecule has 0 spiro atoms. The van der Waals surface area contributed by atoms with Crippen molar-refractivity contribution in [1.29, 1.82) is 0 Å². The fourth-order valence-electron chi connectivity index (χ4n) is 1.22. The van der Waals surface area contributed by atoms with E-state index in [4.69, 9.17) is 17.0 Å². The van der Waals surface area contributed by atoms with Crippen LogP contribution in [0.3, 0.4) is 0 Å². The van der Waals surface area contributed by atoms with Crippen molar-refractivity contribution in [2.75, 3.05) is 13.7 Å². The predicted octanol–water partition coefficient (Wildman–Crippen LogP) is 1.30. The van der Waals surface area contributed by atoms with Crippen LogP contribution < -0.4 is 0 Å². The summed E-state index contributed by atoms with van der Waals surface area (Å²) in [5.74, 6) is 1.39. The summed E-state index contributed by atoms with van der Waals surface area (Å²) >= 11 is 4.98. The number of rotatable bonds is 4. The van der Waals surface area contributed by atoms with Crippen LogP contribution in [0.5, 0.6) is 0 Å². The first kappa shape index (κ1) is 10.4. The van der Waals surface area contributed by atoms with E-state index in [1.165, 1.54) is 0 Å². The van der Waals surface area contributed by atoms with Crippen LogP contribution in [-0.4, -0.2) is 28.5 Å². The molecule has 0 radical (unpaired) electrons. The van der Waals surface area contributed by atoms with Crippen LogP contribution >= 0.6 is 12.2 Å². The van der Waals surface area contributed by atoms with E-state index >= 15 is 0 Å². The SMILES string of the molecule is COCC(C)Cc1nc(=S)n(C)[nH]1. The minimum Gasteiger partial charge on any atom is -0.384 e. The largest absolute Gasteiger partial charge is 0.384 e. The quantitative estimate of drug-likeness (QED) is 0.747. The number of aryl methyl sites for hydroxylation is 1. The maximum absolute atomic E-state index is 5.04. The first-order valence-corrected chi connectivity index (χ1v) is 4.65. The molecule has 74 valence electrons. The van der Waals surface area contributed by atoms with Crippen molar-refractivity contribution in [3.8, 4) is 0 Å². The summed E-state index contributed by atoms with van der Waals surface area (Å²) in [4.78, 5) is 4.20. The lowest BCUT2D eigenvalue weighted by Crippen LogP contribution is -2.08. The average Bonchev–Trinajstić information content (AvgIpc) is 2.31. The van der Waals surface area contributed by atoms with E-state index in [1.807, 2.05) is 7.05 Å². The van der Waals surface area contributed by atoms with E-state index in [0.717, 1.165) is 18.9 Å². The van der Waals surface area contributed by atoms with Gasteiger partial charge in [-0.2, -0.15) is 0 Å². The highest BCUT2D eigenvalue weighted by Gasteiger charge is 2.06. The molecule has 0 aliphatic rings. The maximum Gasteiger partial charge on any atom is 0.215 e. The lowest BCUT2D eigenvalue weighted by molar-refractivity contribution is 0.159. The van der Waals surface area contributed by atoms with Gasteiger partial charge in [-0.3, -0.25) is 9.78 Å². The summed E-state index contributed by atoms with van der Waals surface area (Å²) in [6, 6.07) is 0. The standard InChI is InChI=1S/C8H15N3OS/c1-6(5-12-3)4-7-9-8(13)11(2)10-7/h6H,4-5H2,1-3H3,(H,9,10,13). The van der Waals surface area contributed by atoms with Gasteiger partial charge in [0.1, 0.15) is 5.82 Å². The Hall–Kier alpha value is -0.680. The number of H-pyrrole nitrogens is 1. The molecule has 0 amide bonds. The fraction of sp³-hybridized carbons (Fsp3) is 0.750. The van der Waals surface area contributed by atoms with E-state index in [9.17, 15) is 0 Å². The smallest absolute Gasteiger partial charge is 0.215 e. The zero-order chi connectivity index (χ0) is 9.84. The highest BCUT2D eigenvalue weighted by atomic mass is 32.1. The Bertz CT molecular complexity index is 317. The Labute approximate surface area is 82.9 Å². The first-order valence-electron chi connectivity index (χ1n) is 4.24. The lowest BCUT2D eigenvalue weighted by atomic mass is 10.1. The lowest BCUT2D eigenvalue weighted by Gasteiger charge is -2.06. The van der Waals surface area contributed by atoms with Crippen molar-refractivity contribution in [2.24, 2.45) is 13.0 Å². The van der Waals surface area contributed by atoms with Crippen LogP contribution in [0.25, 0.3) is 0 Å². The highest BCUT2D eigenvalue weighted by Crippen LogP contribution is 2.03. The molecule has 1 unspecified atom stereocenters. The minimum absolute atomic E-state index is 0.463. The van der Waals surface area contributed by atoms with Crippen LogP contribution in [-0.2, 0) is 18.2 Å². The van der Waals surface area contributed by atoms with Crippen LogP contribution in [0.2, 0.25) is 0 Å². The molecule has 0 saturated heterocycles. The van der Waals surface area contributed by atoms with E-state index < -0.39 is 0 Å². The third-order valence-electron chi connectivity index (χ3n) is 1.81. The van der Waals surface area contributed by atoms with Crippen LogP contribution in [0.1, 0.15) is 12.7 Å². The summed E-state index contributed by atoms with van der Waals surface area (Å²) in [6.45, 7) is 2.87. The molecule has 1 rings (SSSR count). The van der Waals surface area contributed by atoms with Gasteiger partial charge < -0.3 is 4.74 Å². The van der Waals surface area contributed by atoms with Crippen molar-refractivity contribution in [3.05, 3.63) is 10.6 Å². The monoisotopic (exact) mass is 201 g/mol. The van der Waals surface area contributed by atoms with Gasteiger partial charge in [0.15, 0.2) is 0 Å². The summed E-state index contributed by atoms with van der Waals surface area (Å²) in [7, 11) is 3.57. The van der Waals surface area contributed by atoms with Gasteiger partial charge in [0.05, 0.1) is 0 Å². The van der Waals surface area contributed by atoms with Gasteiger partial charge in [-0.15, -0.1) is 0 Å². The zero-order valence-corrected chi connectivity index (χ0v) is 9.02. The van der Waals surface area contributed by atoms with E-state index in [2.05, 4.69) is 17.0 Å². The molecule has 1 N–H and O–H groups in total. The van der Waals surface area contributed by atoms with E-state index in [0.29, 0.717) is 10.7 Å². The minimum atomic E-state index is 0.463. The first-order chi connectivity index (χ1) is 6.13. The second kappa shape index (κ2) is 4.53. The van der Waals surface area contributed by atoms with Crippen LogP contribution in [0, 0.1) is 10.7 Å². The van der Waals surface area contributed by atoms with Gasteiger partial charge in [-0.25, -0.2) is 4.98 Å². The van der Waals surface area contributed by atoms with Crippen LogP contribution in [0.4, 0.5) is 0 Å². The molecule has 5 heteroatoms. The van der Waals surface area contributed by atoms with Gasteiger partial charge in [0.25, 0.3) is 0 Å². The van der Waals surface area contributed by atoms with Crippen LogP contribution in [0.15, 0.2) is 0 Å². The molecule has 1 heterocycles. The van der Waals surface area contributed by atoms with Gasteiger partial charge in [-0.05, 0) is 18.1 Å². The Balaban J connectivity index is 2.59. The van der Waals surface area contributed by atoms with Crippen molar-refractivity contribution >= 4 is 12.2 Å².